The van der Waals surface area contributed by atoms with Crippen LogP contribution in [0.15, 0.2) is 0 Å². The van der Waals surface area contributed by atoms with Crippen LogP contribution in [0.25, 0.3) is 0 Å². The van der Waals surface area contributed by atoms with E-state index in [2.05, 4.69) is 46.4 Å². The second-order valence-corrected chi connectivity index (χ2v) is 27.6. The molecule has 23 atom stereocenters. The van der Waals surface area contributed by atoms with Crippen LogP contribution in [-0.2, 0) is 48.1 Å². The van der Waals surface area contributed by atoms with E-state index in [4.69, 9.17) is 29.2 Å². The Labute approximate surface area is 452 Å². The lowest BCUT2D eigenvalue weighted by molar-refractivity contribution is -0.273. The molecular weight excluding hydrogens is 953 g/mol. The van der Waals surface area contributed by atoms with Gasteiger partial charge in [-0.25, -0.2) is 14.7 Å². The number of rotatable bonds is 19. The molecule has 8 aliphatic rings. The van der Waals surface area contributed by atoms with E-state index in [1.165, 1.54) is 71.3 Å². The molecule has 13 heteroatoms. The largest absolute Gasteiger partial charge is 0.481 e. The Bertz CT molecular complexity index is 1930. The minimum absolute atomic E-state index is 0.00883. The SMILES string of the molecule is CC(CCCOO)C1CCC2C3CCC4CC(OC(=O)C(C)C(C)C(=O)O)CCC4(C)C3CCC12C.COOCCCC(C)C1CCC2C3CCC4CC(OC(=O)C(C)C(C)C(=O)OC)CCC4(C)C3CC(O)C12C. The number of ether oxygens (including phenoxy) is 3. The maximum Gasteiger partial charge on any atom is 0.309 e. The average Bonchev–Trinajstić information content (AvgIpc) is 3.94. The van der Waals surface area contributed by atoms with E-state index in [-0.39, 0.29) is 47.0 Å². The van der Waals surface area contributed by atoms with Crippen molar-refractivity contribution in [1.82, 2.24) is 0 Å². The molecule has 8 fully saturated rings. The van der Waals surface area contributed by atoms with Crippen LogP contribution in [0.5, 0.6) is 0 Å². The van der Waals surface area contributed by atoms with E-state index in [9.17, 15) is 29.4 Å². The second-order valence-electron chi connectivity index (χ2n) is 27.6. The summed E-state index contributed by atoms with van der Waals surface area (Å²) in [7, 11) is 2.91. The van der Waals surface area contributed by atoms with E-state index in [0.717, 1.165) is 94.3 Å². The quantitative estimate of drug-likeness (QED) is 0.0365. The number of hydrogen-bond donors (Lipinski definition) is 3. The molecule has 0 radical (unpaired) electrons. The van der Waals surface area contributed by atoms with Gasteiger partial charge < -0.3 is 24.4 Å². The van der Waals surface area contributed by atoms with Crippen LogP contribution < -0.4 is 0 Å². The van der Waals surface area contributed by atoms with Crippen molar-refractivity contribution in [3.63, 3.8) is 0 Å². The van der Waals surface area contributed by atoms with Gasteiger partial charge in [-0.1, -0.05) is 69.2 Å². The van der Waals surface area contributed by atoms with Crippen LogP contribution in [0.1, 0.15) is 204 Å². The number of aliphatic carboxylic acids is 1. The maximum atomic E-state index is 12.9. The zero-order valence-electron chi connectivity index (χ0n) is 48.7. The molecule has 430 valence electrons. The third-order valence-electron chi connectivity index (χ3n) is 24.5. The summed E-state index contributed by atoms with van der Waals surface area (Å²) in [6.45, 7) is 22.6. The van der Waals surface area contributed by atoms with Crippen LogP contribution in [0.3, 0.4) is 0 Å². The van der Waals surface area contributed by atoms with Crippen molar-refractivity contribution in [1.29, 1.82) is 0 Å². The lowest BCUT2D eigenvalue weighted by Crippen LogP contribution is -2.59. The van der Waals surface area contributed by atoms with Gasteiger partial charge in [-0.2, -0.15) is 0 Å². The molecule has 8 rings (SSSR count). The van der Waals surface area contributed by atoms with Crippen molar-refractivity contribution >= 4 is 23.9 Å². The van der Waals surface area contributed by atoms with Gasteiger partial charge in [0, 0.05) is 0 Å². The highest BCUT2D eigenvalue weighted by molar-refractivity contribution is 5.81. The summed E-state index contributed by atoms with van der Waals surface area (Å²) in [5.41, 5.74) is 0.939. The summed E-state index contributed by atoms with van der Waals surface area (Å²) in [5, 5.41) is 29.8. The van der Waals surface area contributed by atoms with Crippen LogP contribution in [0.2, 0.25) is 0 Å². The monoisotopic (exact) mass is 1060 g/mol. The predicted octanol–water partition coefficient (Wildman–Crippen LogP) is 12.8. The summed E-state index contributed by atoms with van der Waals surface area (Å²) in [6, 6.07) is 0. The first kappa shape index (κ1) is 60.3. The van der Waals surface area contributed by atoms with Crippen LogP contribution in [-0.4, -0.2) is 85.1 Å². The van der Waals surface area contributed by atoms with Crippen molar-refractivity contribution in [3.8, 4) is 0 Å². The zero-order valence-corrected chi connectivity index (χ0v) is 48.7. The normalized spacial score (nSPS) is 42.1. The minimum Gasteiger partial charge on any atom is -0.481 e. The average molecular weight is 1060 g/mol. The van der Waals surface area contributed by atoms with Gasteiger partial charge in [0.15, 0.2) is 0 Å². The van der Waals surface area contributed by atoms with E-state index in [1.807, 2.05) is 0 Å². The number of carbonyl (C=O) groups is 4. The summed E-state index contributed by atoms with van der Waals surface area (Å²) in [5.74, 6) is 3.55. The highest BCUT2D eigenvalue weighted by atomic mass is 17.2. The first-order chi connectivity index (χ1) is 35.5. The summed E-state index contributed by atoms with van der Waals surface area (Å²) in [6.07, 6.45) is 23.1. The highest BCUT2D eigenvalue weighted by Crippen LogP contribution is 2.70. The van der Waals surface area contributed by atoms with Crippen LogP contribution in [0, 0.1) is 116 Å². The highest BCUT2D eigenvalue weighted by Gasteiger charge is 2.65. The Morgan fingerprint density at radius 3 is 1.57 bits per heavy atom. The molecule has 13 nitrogen and oxygen atoms in total. The van der Waals surface area contributed by atoms with Gasteiger partial charge in [-0.15, -0.1) is 0 Å². The molecule has 23 unspecified atom stereocenters. The molecule has 75 heavy (non-hydrogen) atoms. The van der Waals surface area contributed by atoms with Crippen molar-refractivity contribution < 1.29 is 63.5 Å². The number of esters is 3. The molecule has 0 aromatic rings. The summed E-state index contributed by atoms with van der Waals surface area (Å²) < 4.78 is 16.7. The number of carboxylic acid groups (broad SMARTS) is 1. The molecule has 0 heterocycles. The molecule has 0 spiro atoms. The fourth-order valence-electron chi connectivity index (χ4n) is 19.5. The van der Waals surface area contributed by atoms with E-state index in [1.54, 1.807) is 34.8 Å². The molecule has 3 N–H and O–H groups in total. The smallest absolute Gasteiger partial charge is 0.309 e. The Balaban J connectivity index is 0.000000219. The van der Waals surface area contributed by atoms with Gasteiger partial charge in [0.1, 0.15) is 12.2 Å². The van der Waals surface area contributed by atoms with Gasteiger partial charge >= 0.3 is 23.9 Å². The first-order valence-electron chi connectivity index (χ1n) is 30.3. The number of fused-ring (bicyclic) bond motifs is 10. The second kappa shape index (κ2) is 25.0. The van der Waals surface area contributed by atoms with Crippen molar-refractivity contribution in [2.45, 2.75) is 222 Å². The van der Waals surface area contributed by atoms with Gasteiger partial charge in [-0.05, 0) is 228 Å². The molecule has 0 bridgehead atoms. The van der Waals surface area contributed by atoms with Crippen molar-refractivity contribution in [2.24, 2.45) is 116 Å². The van der Waals surface area contributed by atoms with E-state index in [0.29, 0.717) is 71.4 Å². The van der Waals surface area contributed by atoms with E-state index < -0.39 is 29.6 Å². The molecular formula is C62H104O13. The fraction of sp³-hybridized carbons (Fsp3) is 0.935. The molecule has 0 saturated heterocycles. The minimum atomic E-state index is -0.944. The number of carboxylic acids is 1. The van der Waals surface area contributed by atoms with Gasteiger partial charge in [0.25, 0.3) is 0 Å². The summed E-state index contributed by atoms with van der Waals surface area (Å²) >= 11 is 0. The fourth-order valence-corrected chi connectivity index (χ4v) is 19.5. The number of methoxy groups -OCH3 is 1. The third-order valence-corrected chi connectivity index (χ3v) is 24.5. The standard InChI is InChI=1S/C32H54O7.C30H50O6/c1-19(9-8-16-38-37-7)25-12-13-26-24-11-10-22-17-23(39-30(35)21(3)20(2)29(34)36-6)14-15-31(22,4)27(24)18-28(33)32(25,26)5;1-18(7-6-16-35-34)24-10-11-25-23-9-8-21-17-22(36-28(33)20(3)19(2)27(31)32)12-14-29(21,4)26(23)13-15-30(24,25)5/h19-28,33H,8-18H2,1-7H3;18-26,34H,6-17H2,1-5H3,(H,31,32). The maximum absolute atomic E-state index is 12.9. The molecule has 8 aliphatic carbocycles. The Hall–Kier alpha value is -2.32. The lowest BCUT2D eigenvalue weighted by atomic mass is 9.43. The third kappa shape index (κ3) is 11.9. The number of aliphatic hydroxyl groups is 1. The van der Waals surface area contributed by atoms with Crippen LogP contribution in [0.4, 0.5) is 0 Å². The molecule has 0 amide bonds. The van der Waals surface area contributed by atoms with Gasteiger partial charge in [0.05, 0.1) is 57.2 Å². The molecule has 0 aromatic carbocycles. The predicted molar refractivity (Wildman–Crippen MR) is 286 cm³/mol. The van der Waals surface area contributed by atoms with Crippen molar-refractivity contribution in [2.75, 3.05) is 27.4 Å². The Kier molecular flexibility index (Phi) is 20.1. The molecule has 0 aliphatic heterocycles. The Morgan fingerprint density at radius 2 is 1.01 bits per heavy atom. The topological polar surface area (TPSA) is 184 Å². The Morgan fingerprint density at radius 1 is 0.533 bits per heavy atom. The number of aliphatic hydroxyl groups excluding tert-OH is 1. The molecule has 8 saturated carbocycles. The van der Waals surface area contributed by atoms with Gasteiger partial charge in [-0.3, -0.25) is 24.4 Å². The zero-order chi connectivity index (χ0) is 54.8. The number of hydrogen-bond acceptors (Lipinski definition) is 12. The van der Waals surface area contributed by atoms with Crippen LogP contribution >= 0.6 is 0 Å². The van der Waals surface area contributed by atoms with Gasteiger partial charge in [0.2, 0.25) is 0 Å². The lowest BCUT2D eigenvalue weighted by Gasteiger charge is -2.62. The number of carbonyl (C=O) groups excluding carboxylic acids is 3. The van der Waals surface area contributed by atoms with Crippen molar-refractivity contribution in [3.05, 3.63) is 0 Å². The summed E-state index contributed by atoms with van der Waals surface area (Å²) in [4.78, 5) is 62.9. The first-order valence-corrected chi connectivity index (χ1v) is 30.3. The van der Waals surface area contributed by atoms with E-state index >= 15 is 0 Å². The molecule has 0 aromatic heterocycles.